The molecule has 2 atom stereocenters. The monoisotopic (exact) mass is 290 g/mol. The van der Waals surface area contributed by atoms with Gasteiger partial charge in [-0.3, -0.25) is 9.69 Å². The minimum absolute atomic E-state index is 0.0446. The summed E-state index contributed by atoms with van der Waals surface area (Å²) in [6.45, 7) is 5.93. The topological polar surface area (TPSA) is 52.6 Å². The van der Waals surface area contributed by atoms with Crippen molar-refractivity contribution in [1.82, 2.24) is 10.2 Å². The standard InChI is InChI=1S/C17H26N2O2/c1-13(2)8-9-16-17(21)18-10-15(20)12-19(16)11-14-6-4-3-5-7-14/h3-7,13,15-16,20H,8-12H2,1-2H3,(H,18,21). The molecule has 1 fully saturated rings. The Morgan fingerprint density at radius 3 is 2.71 bits per heavy atom. The smallest absolute Gasteiger partial charge is 0.237 e. The average molecular weight is 290 g/mol. The lowest BCUT2D eigenvalue weighted by atomic mass is 10.0. The van der Waals surface area contributed by atoms with Crippen LogP contribution in [0.15, 0.2) is 30.3 Å². The van der Waals surface area contributed by atoms with E-state index < -0.39 is 6.10 Å². The van der Waals surface area contributed by atoms with Gasteiger partial charge in [-0.1, -0.05) is 44.2 Å². The number of rotatable bonds is 5. The predicted octanol–water partition coefficient (Wildman–Crippen LogP) is 1.78. The van der Waals surface area contributed by atoms with Crippen molar-refractivity contribution >= 4 is 5.91 Å². The maximum Gasteiger partial charge on any atom is 0.237 e. The van der Waals surface area contributed by atoms with Crippen molar-refractivity contribution in [2.45, 2.75) is 45.4 Å². The Labute approximate surface area is 127 Å². The van der Waals surface area contributed by atoms with E-state index in [4.69, 9.17) is 0 Å². The molecule has 1 aromatic rings. The van der Waals surface area contributed by atoms with Crippen LogP contribution in [0, 0.1) is 5.92 Å². The third kappa shape index (κ3) is 4.83. The van der Waals surface area contributed by atoms with Gasteiger partial charge < -0.3 is 10.4 Å². The molecule has 0 spiro atoms. The second-order valence-corrected chi connectivity index (χ2v) is 6.30. The molecule has 4 nitrogen and oxygen atoms in total. The van der Waals surface area contributed by atoms with Crippen LogP contribution < -0.4 is 5.32 Å². The van der Waals surface area contributed by atoms with Crippen LogP contribution in [0.2, 0.25) is 0 Å². The third-order valence-corrected chi connectivity index (χ3v) is 3.95. The van der Waals surface area contributed by atoms with Gasteiger partial charge in [0, 0.05) is 19.6 Å². The summed E-state index contributed by atoms with van der Waals surface area (Å²) in [4.78, 5) is 14.4. The first-order valence-corrected chi connectivity index (χ1v) is 7.80. The van der Waals surface area contributed by atoms with E-state index in [2.05, 4.69) is 36.2 Å². The van der Waals surface area contributed by atoms with Crippen molar-refractivity contribution in [3.8, 4) is 0 Å². The molecule has 1 amide bonds. The van der Waals surface area contributed by atoms with Crippen molar-refractivity contribution in [3.05, 3.63) is 35.9 Å². The average Bonchev–Trinajstić information content (AvgIpc) is 2.58. The van der Waals surface area contributed by atoms with Gasteiger partial charge in [0.25, 0.3) is 0 Å². The highest BCUT2D eigenvalue weighted by Gasteiger charge is 2.30. The zero-order chi connectivity index (χ0) is 15.2. The minimum atomic E-state index is -0.498. The minimum Gasteiger partial charge on any atom is -0.390 e. The van der Waals surface area contributed by atoms with Crippen LogP contribution in [0.3, 0.4) is 0 Å². The molecule has 0 aliphatic carbocycles. The van der Waals surface area contributed by atoms with Crippen LogP contribution >= 0.6 is 0 Å². The van der Waals surface area contributed by atoms with Crippen LogP contribution in [0.5, 0.6) is 0 Å². The maximum absolute atomic E-state index is 12.3. The van der Waals surface area contributed by atoms with Gasteiger partial charge in [0.15, 0.2) is 0 Å². The molecular formula is C17H26N2O2. The molecule has 0 radical (unpaired) electrons. The number of nitrogens with one attached hydrogen (secondary N) is 1. The van der Waals surface area contributed by atoms with Gasteiger partial charge in [-0.2, -0.15) is 0 Å². The van der Waals surface area contributed by atoms with Crippen molar-refractivity contribution in [2.75, 3.05) is 13.1 Å². The Morgan fingerprint density at radius 1 is 1.33 bits per heavy atom. The van der Waals surface area contributed by atoms with Crippen molar-refractivity contribution < 1.29 is 9.90 Å². The van der Waals surface area contributed by atoms with Gasteiger partial charge in [-0.15, -0.1) is 0 Å². The van der Waals surface area contributed by atoms with E-state index in [0.29, 0.717) is 25.6 Å². The summed E-state index contributed by atoms with van der Waals surface area (Å²) in [5.74, 6) is 0.618. The molecule has 2 rings (SSSR count). The van der Waals surface area contributed by atoms with Crippen LogP contribution in [-0.4, -0.2) is 41.1 Å². The van der Waals surface area contributed by atoms with E-state index in [0.717, 1.165) is 12.8 Å². The van der Waals surface area contributed by atoms with Crippen molar-refractivity contribution in [2.24, 2.45) is 5.92 Å². The van der Waals surface area contributed by atoms with Crippen LogP contribution in [-0.2, 0) is 11.3 Å². The third-order valence-electron chi connectivity index (χ3n) is 3.95. The highest BCUT2D eigenvalue weighted by atomic mass is 16.3. The van der Waals surface area contributed by atoms with Gasteiger partial charge in [0.2, 0.25) is 5.91 Å². The van der Waals surface area contributed by atoms with Gasteiger partial charge in [0.05, 0.1) is 12.1 Å². The number of aliphatic hydroxyl groups excluding tert-OH is 1. The second kappa shape index (κ2) is 7.57. The number of amides is 1. The number of carbonyl (C=O) groups excluding carboxylic acids is 1. The number of carbonyl (C=O) groups is 1. The fourth-order valence-electron chi connectivity index (χ4n) is 2.76. The van der Waals surface area contributed by atoms with Gasteiger partial charge >= 0.3 is 0 Å². The van der Waals surface area contributed by atoms with E-state index >= 15 is 0 Å². The molecule has 116 valence electrons. The molecular weight excluding hydrogens is 264 g/mol. The summed E-state index contributed by atoms with van der Waals surface area (Å²) in [7, 11) is 0. The Kier molecular flexibility index (Phi) is 5.76. The lowest BCUT2D eigenvalue weighted by molar-refractivity contribution is -0.126. The summed E-state index contributed by atoms with van der Waals surface area (Å²) < 4.78 is 0. The van der Waals surface area contributed by atoms with Gasteiger partial charge in [-0.25, -0.2) is 0 Å². The van der Waals surface area contributed by atoms with E-state index in [1.54, 1.807) is 0 Å². The number of nitrogens with zero attached hydrogens (tertiary/aromatic N) is 1. The molecule has 1 saturated heterocycles. The Hall–Kier alpha value is -1.39. The van der Waals surface area contributed by atoms with E-state index in [-0.39, 0.29) is 11.9 Å². The molecule has 1 aliphatic rings. The van der Waals surface area contributed by atoms with Crippen molar-refractivity contribution in [1.29, 1.82) is 0 Å². The Morgan fingerprint density at radius 2 is 2.05 bits per heavy atom. The van der Waals surface area contributed by atoms with E-state index in [1.807, 2.05) is 18.2 Å². The highest BCUT2D eigenvalue weighted by molar-refractivity contribution is 5.82. The number of hydrogen-bond acceptors (Lipinski definition) is 3. The molecule has 0 saturated carbocycles. The molecule has 4 heteroatoms. The molecule has 1 aliphatic heterocycles. The molecule has 2 N–H and O–H groups in total. The van der Waals surface area contributed by atoms with Gasteiger partial charge in [-0.05, 0) is 24.3 Å². The van der Waals surface area contributed by atoms with E-state index in [9.17, 15) is 9.90 Å². The molecule has 2 unspecified atom stereocenters. The molecule has 0 bridgehead atoms. The fraction of sp³-hybridized carbons (Fsp3) is 0.588. The van der Waals surface area contributed by atoms with Crippen molar-refractivity contribution in [3.63, 3.8) is 0 Å². The summed E-state index contributed by atoms with van der Waals surface area (Å²) in [5, 5.41) is 12.8. The van der Waals surface area contributed by atoms with Crippen LogP contribution in [0.4, 0.5) is 0 Å². The maximum atomic E-state index is 12.3. The Bertz CT molecular complexity index is 447. The number of benzene rings is 1. The van der Waals surface area contributed by atoms with Gasteiger partial charge in [0.1, 0.15) is 0 Å². The number of β-amino-alcohol motifs (C(OH)–C–C–N with tert-alkyl or cyclic N) is 1. The second-order valence-electron chi connectivity index (χ2n) is 6.30. The Balaban J connectivity index is 2.11. The molecule has 1 aromatic carbocycles. The number of aliphatic hydroxyl groups is 1. The SMILES string of the molecule is CC(C)CCC1C(=O)NCC(O)CN1Cc1ccccc1. The molecule has 1 heterocycles. The summed E-state index contributed by atoms with van der Waals surface area (Å²) in [6.07, 6.45) is 1.35. The molecule has 0 aromatic heterocycles. The van der Waals surface area contributed by atoms with E-state index in [1.165, 1.54) is 5.56 Å². The lowest BCUT2D eigenvalue weighted by Crippen LogP contribution is -2.44. The fourth-order valence-corrected chi connectivity index (χ4v) is 2.76. The van der Waals surface area contributed by atoms with Crippen LogP contribution in [0.1, 0.15) is 32.3 Å². The largest absolute Gasteiger partial charge is 0.390 e. The normalized spacial score (nSPS) is 23.9. The zero-order valence-corrected chi connectivity index (χ0v) is 13.0. The zero-order valence-electron chi connectivity index (χ0n) is 13.0. The highest BCUT2D eigenvalue weighted by Crippen LogP contribution is 2.18. The van der Waals surface area contributed by atoms with Crippen LogP contribution in [0.25, 0.3) is 0 Å². The first-order valence-electron chi connectivity index (χ1n) is 7.80. The quantitative estimate of drug-likeness (QED) is 0.869. The number of hydrogen-bond donors (Lipinski definition) is 2. The predicted molar refractivity (Wildman–Crippen MR) is 83.7 cm³/mol. The molecule has 21 heavy (non-hydrogen) atoms. The lowest BCUT2D eigenvalue weighted by Gasteiger charge is -2.29. The summed E-state index contributed by atoms with van der Waals surface area (Å²) in [5.41, 5.74) is 1.17. The summed E-state index contributed by atoms with van der Waals surface area (Å²) >= 11 is 0. The first-order chi connectivity index (χ1) is 10.1. The summed E-state index contributed by atoms with van der Waals surface area (Å²) in [6, 6.07) is 9.98. The first kappa shape index (κ1) is 16.0.